The largest absolute Gasteiger partial charge is 0.487 e. The molecule has 2 rings (SSSR count). The minimum Gasteiger partial charge on any atom is -0.487 e. The molecule has 0 aliphatic carbocycles. The van der Waals surface area contributed by atoms with Gasteiger partial charge in [0.15, 0.2) is 0 Å². The highest BCUT2D eigenvalue weighted by Gasteiger charge is 2.38. The molecule has 3 atom stereocenters. The molecule has 1 amide bonds. The number of hydrogen-bond acceptors (Lipinski definition) is 5. The smallest absolute Gasteiger partial charge is 0.247 e. The molecule has 1 aliphatic heterocycles. The second-order valence-electron chi connectivity index (χ2n) is 8.45. The summed E-state index contributed by atoms with van der Waals surface area (Å²) in [5, 5.41) is 9.69. The van der Waals surface area contributed by atoms with Gasteiger partial charge < -0.3 is 14.7 Å². The molecule has 7 nitrogen and oxygen atoms in total. The fraction of sp³-hybridized carbons (Fsp3) is 0.609. The van der Waals surface area contributed by atoms with Crippen LogP contribution in [0.5, 0.6) is 5.75 Å². The Morgan fingerprint density at radius 1 is 1.35 bits per heavy atom. The second kappa shape index (κ2) is 10.5. The number of carbonyl (C=O) groups is 1. The summed E-state index contributed by atoms with van der Waals surface area (Å²) in [5.74, 6) is 6.30. The van der Waals surface area contributed by atoms with E-state index in [0.29, 0.717) is 18.5 Å². The van der Waals surface area contributed by atoms with Crippen molar-refractivity contribution in [3.05, 3.63) is 23.8 Å². The third kappa shape index (κ3) is 6.00. The molecule has 1 heterocycles. The third-order valence-electron chi connectivity index (χ3n) is 5.35. The highest BCUT2D eigenvalue weighted by molar-refractivity contribution is 7.89. The van der Waals surface area contributed by atoms with Gasteiger partial charge in [0.05, 0.1) is 13.2 Å². The van der Waals surface area contributed by atoms with Crippen LogP contribution in [-0.4, -0.2) is 67.5 Å². The van der Waals surface area contributed by atoms with E-state index in [1.54, 1.807) is 37.9 Å². The average Bonchev–Trinajstić information content (AvgIpc) is 2.73. The van der Waals surface area contributed by atoms with Crippen LogP contribution in [0.4, 0.5) is 0 Å². The Kier molecular flexibility index (Phi) is 8.52. The van der Waals surface area contributed by atoms with Crippen molar-refractivity contribution in [3.8, 4) is 17.6 Å². The summed E-state index contributed by atoms with van der Waals surface area (Å²) in [7, 11) is -2.17. The lowest BCUT2D eigenvalue weighted by Gasteiger charge is -2.37. The first kappa shape index (κ1) is 25.2. The van der Waals surface area contributed by atoms with Gasteiger partial charge in [0.25, 0.3) is 0 Å². The number of carbonyl (C=O) groups excluding carboxylic acids is 1. The van der Waals surface area contributed by atoms with Crippen molar-refractivity contribution in [2.45, 2.75) is 58.1 Å². The lowest BCUT2D eigenvalue weighted by molar-refractivity contribution is -0.131. The Morgan fingerprint density at radius 2 is 2.03 bits per heavy atom. The monoisotopic (exact) mass is 450 g/mol. The molecule has 1 aromatic carbocycles. The quantitative estimate of drug-likeness (QED) is 0.696. The van der Waals surface area contributed by atoms with E-state index in [2.05, 4.69) is 11.8 Å². The SMILES string of the molecule is CCC(=O)N(C)C[C@H]1Oc2cc(C#CC(C)C)ccc2S(=O)(=O)N([C@H](C)CO)C[C@@H]1C. The van der Waals surface area contributed by atoms with E-state index in [-0.39, 0.29) is 41.5 Å². The third-order valence-corrected chi connectivity index (χ3v) is 7.37. The molecule has 8 heteroatoms. The Hall–Kier alpha value is -2.08. The first-order chi connectivity index (χ1) is 14.5. The number of fused-ring (bicyclic) bond motifs is 1. The topological polar surface area (TPSA) is 87.2 Å². The van der Waals surface area contributed by atoms with E-state index < -0.39 is 22.2 Å². The van der Waals surface area contributed by atoms with Gasteiger partial charge in [-0.15, -0.1) is 0 Å². The number of rotatable bonds is 5. The Bertz CT molecular complexity index is 948. The summed E-state index contributed by atoms with van der Waals surface area (Å²) in [6.45, 7) is 9.55. The molecule has 0 fully saturated rings. The van der Waals surface area contributed by atoms with Gasteiger partial charge in [-0.1, -0.05) is 39.5 Å². The zero-order chi connectivity index (χ0) is 23.3. The van der Waals surface area contributed by atoms with Crippen LogP contribution in [0.25, 0.3) is 0 Å². The van der Waals surface area contributed by atoms with Gasteiger partial charge >= 0.3 is 0 Å². The maximum atomic E-state index is 13.4. The number of likely N-dealkylation sites (N-methyl/N-ethyl adjacent to an activating group) is 1. The Balaban J connectivity index is 2.58. The summed E-state index contributed by atoms with van der Waals surface area (Å²) in [5.41, 5.74) is 0.661. The van der Waals surface area contributed by atoms with Crippen LogP contribution in [0.2, 0.25) is 0 Å². The minimum atomic E-state index is -3.89. The summed E-state index contributed by atoms with van der Waals surface area (Å²) in [4.78, 5) is 13.8. The van der Waals surface area contributed by atoms with E-state index in [1.807, 2.05) is 20.8 Å². The fourth-order valence-electron chi connectivity index (χ4n) is 3.39. The van der Waals surface area contributed by atoms with Gasteiger partial charge in [0, 0.05) is 43.5 Å². The molecule has 172 valence electrons. The molecule has 0 saturated carbocycles. The molecule has 1 aromatic rings. The van der Waals surface area contributed by atoms with Gasteiger partial charge in [-0.2, -0.15) is 4.31 Å². The van der Waals surface area contributed by atoms with Gasteiger partial charge in [0.2, 0.25) is 15.9 Å². The normalized spacial score (nSPS) is 21.7. The number of aliphatic hydroxyl groups excluding tert-OH is 1. The average molecular weight is 451 g/mol. The lowest BCUT2D eigenvalue weighted by Crippen LogP contribution is -2.50. The zero-order valence-electron chi connectivity index (χ0n) is 19.3. The molecular formula is C23H34N2O5S. The first-order valence-electron chi connectivity index (χ1n) is 10.7. The Labute approximate surface area is 186 Å². The van der Waals surface area contributed by atoms with Crippen LogP contribution in [0.1, 0.15) is 46.6 Å². The predicted octanol–water partition coefficient (Wildman–Crippen LogP) is 2.33. The lowest BCUT2D eigenvalue weighted by atomic mass is 10.0. The number of amides is 1. The van der Waals surface area contributed by atoms with E-state index in [4.69, 9.17) is 4.74 Å². The Morgan fingerprint density at radius 3 is 2.61 bits per heavy atom. The van der Waals surface area contributed by atoms with Crippen molar-refractivity contribution in [1.29, 1.82) is 0 Å². The molecule has 0 spiro atoms. The van der Waals surface area contributed by atoms with Crippen molar-refractivity contribution in [3.63, 3.8) is 0 Å². The number of sulfonamides is 1. The van der Waals surface area contributed by atoms with Gasteiger partial charge in [-0.05, 0) is 25.1 Å². The molecule has 1 N–H and O–H groups in total. The van der Waals surface area contributed by atoms with Crippen LogP contribution in [0, 0.1) is 23.7 Å². The molecular weight excluding hydrogens is 416 g/mol. The van der Waals surface area contributed by atoms with Gasteiger partial charge in [-0.3, -0.25) is 4.79 Å². The number of ether oxygens (including phenoxy) is 1. The summed E-state index contributed by atoms with van der Waals surface area (Å²) >= 11 is 0. The number of aliphatic hydroxyl groups is 1. The molecule has 1 aliphatic rings. The number of benzene rings is 1. The van der Waals surface area contributed by atoms with Crippen molar-refractivity contribution >= 4 is 15.9 Å². The van der Waals surface area contributed by atoms with Crippen molar-refractivity contribution in [2.75, 3.05) is 26.7 Å². The van der Waals surface area contributed by atoms with Crippen molar-refractivity contribution in [1.82, 2.24) is 9.21 Å². The molecule has 0 radical (unpaired) electrons. The number of nitrogens with zero attached hydrogens (tertiary/aromatic N) is 2. The maximum absolute atomic E-state index is 13.4. The maximum Gasteiger partial charge on any atom is 0.247 e. The predicted molar refractivity (Wildman–Crippen MR) is 120 cm³/mol. The zero-order valence-corrected chi connectivity index (χ0v) is 20.1. The molecule has 0 unspecified atom stereocenters. The summed E-state index contributed by atoms with van der Waals surface area (Å²) in [6.07, 6.45) is -0.0398. The van der Waals surface area contributed by atoms with Crippen molar-refractivity contribution < 1.29 is 23.1 Å². The van der Waals surface area contributed by atoms with E-state index in [1.165, 1.54) is 10.4 Å². The van der Waals surface area contributed by atoms with E-state index in [9.17, 15) is 18.3 Å². The van der Waals surface area contributed by atoms with Crippen molar-refractivity contribution in [2.24, 2.45) is 11.8 Å². The van der Waals surface area contributed by atoms with Gasteiger partial charge in [0.1, 0.15) is 16.7 Å². The van der Waals surface area contributed by atoms with Crippen LogP contribution in [-0.2, 0) is 14.8 Å². The van der Waals surface area contributed by atoms with E-state index >= 15 is 0 Å². The second-order valence-corrected chi connectivity index (χ2v) is 10.3. The molecule has 0 aromatic heterocycles. The van der Waals surface area contributed by atoms with Crippen LogP contribution in [0.15, 0.2) is 23.1 Å². The highest BCUT2D eigenvalue weighted by atomic mass is 32.2. The fourth-order valence-corrected chi connectivity index (χ4v) is 5.22. The van der Waals surface area contributed by atoms with Crippen LogP contribution >= 0.6 is 0 Å². The first-order valence-corrected chi connectivity index (χ1v) is 12.1. The van der Waals surface area contributed by atoms with Gasteiger partial charge in [-0.25, -0.2) is 8.42 Å². The number of hydrogen-bond donors (Lipinski definition) is 1. The molecule has 0 bridgehead atoms. The highest BCUT2D eigenvalue weighted by Crippen LogP contribution is 2.34. The molecule has 0 saturated heterocycles. The minimum absolute atomic E-state index is 0.0113. The summed E-state index contributed by atoms with van der Waals surface area (Å²) < 4.78 is 34.4. The molecule has 31 heavy (non-hydrogen) atoms. The van der Waals surface area contributed by atoms with Crippen LogP contribution < -0.4 is 4.74 Å². The van der Waals surface area contributed by atoms with E-state index in [0.717, 1.165) is 0 Å². The van der Waals surface area contributed by atoms with Crippen LogP contribution in [0.3, 0.4) is 0 Å². The standard InChI is InChI=1S/C23H34N2O5S/c1-7-23(27)24(6)14-21-17(4)13-25(18(5)15-26)31(28,29)22-11-10-19(9-8-16(2)3)12-20(22)30-21/h10-12,16-18,21,26H,7,13-15H2,1-6H3/t17-,18+,21+/m0/s1. The summed E-state index contributed by atoms with van der Waals surface area (Å²) in [6, 6.07) is 4.25.